The number of amides is 1. The molecule has 0 aromatic carbocycles. The molecule has 0 bridgehead atoms. The molecule has 1 aromatic rings. The minimum atomic E-state index is -0.457. The Morgan fingerprint density at radius 2 is 2.10 bits per heavy atom. The number of nitrogens with two attached hydrogens (primary N) is 1. The van der Waals surface area contributed by atoms with Crippen molar-refractivity contribution in [1.82, 2.24) is 10.3 Å². The normalized spacial score (nSPS) is 22.1. The molecule has 0 saturated heterocycles. The van der Waals surface area contributed by atoms with Crippen LogP contribution in [0.2, 0.25) is 0 Å². The van der Waals surface area contributed by atoms with Crippen molar-refractivity contribution in [2.24, 2.45) is 5.84 Å². The first-order valence-corrected chi connectivity index (χ1v) is 7.48. The maximum Gasteiger partial charge on any atom is 0.251 e. The number of nitrogens with zero attached hydrogens (tertiary/aromatic N) is 1. The second kappa shape index (κ2) is 6.87. The first kappa shape index (κ1) is 15.7. The summed E-state index contributed by atoms with van der Waals surface area (Å²) >= 11 is 0. The van der Waals surface area contributed by atoms with Crippen LogP contribution in [-0.4, -0.2) is 28.1 Å². The zero-order chi connectivity index (χ0) is 15.4. The number of carbonyl (C=O) groups is 1. The fraction of sp³-hybridized carbons (Fsp3) is 0.600. The smallest absolute Gasteiger partial charge is 0.251 e. The Labute approximate surface area is 125 Å². The van der Waals surface area contributed by atoms with Crippen molar-refractivity contribution in [3.63, 3.8) is 0 Å². The fourth-order valence-electron chi connectivity index (χ4n) is 2.58. The Kier molecular flexibility index (Phi) is 5.14. The van der Waals surface area contributed by atoms with E-state index in [1.807, 2.05) is 13.8 Å². The third-order valence-electron chi connectivity index (χ3n) is 3.89. The topological polar surface area (TPSA) is 100 Å². The van der Waals surface area contributed by atoms with Crippen LogP contribution in [0.1, 0.15) is 61.5 Å². The van der Waals surface area contributed by atoms with Gasteiger partial charge in [0, 0.05) is 11.3 Å². The highest BCUT2D eigenvalue weighted by molar-refractivity contribution is 5.95. The van der Waals surface area contributed by atoms with E-state index in [-0.39, 0.29) is 17.9 Å². The van der Waals surface area contributed by atoms with Gasteiger partial charge in [-0.3, -0.25) is 4.79 Å². The van der Waals surface area contributed by atoms with Crippen molar-refractivity contribution in [2.75, 3.05) is 5.43 Å². The van der Waals surface area contributed by atoms with Gasteiger partial charge in [-0.1, -0.05) is 26.7 Å². The molecule has 1 aliphatic rings. The van der Waals surface area contributed by atoms with Gasteiger partial charge in [-0.15, -0.1) is 0 Å². The summed E-state index contributed by atoms with van der Waals surface area (Å²) in [5, 5.41) is 12.9. The molecular weight excluding hydrogens is 268 g/mol. The van der Waals surface area contributed by atoms with Gasteiger partial charge in [-0.05, 0) is 30.9 Å². The average Bonchev–Trinajstić information content (AvgIpc) is 2.49. The second-order valence-corrected chi connectivity index (χ2v) is 5.90. The Bertz CT molecular complexity index is 504. The van der Waals surface area contributed by atoms with Crippen molar-refractivity contribution >= 4 is 11.7 Å². The number of rotatable bonds is 4. The molecule has 2 rings (SSSR count). The highest BCUT2D eigenvalue weighted by atomic mass is 16.3. The van der Waals surface area contributed by atoms with Gasteiger partial charge >= 0.3 is 0 Å². The van der Waals surface area contributed by atoms with Gasteiger partial charge in [0.15, 0.2) is 0 Å². The summed E-state index contributed by atoms with van der Waals surface area (Å²) in [5.41, 5.74) is 3.81. The van der Waals surface area contributed by atoms with E-state index in [2.05, 4.69) is 15.7 Å². The second-order valence-electron chi connectivity index (χ2n) is 5.90. The van der Waals surface area contributed by atoms with Crippen molar-refractivity contribution < 1.29 is 9.90 Å². The highest BCUT2D eigenvalue weighted by Gasteiger charge is 2.25. The lowest BCUT2D eigenvalue weighted by atomic mass is 9.92. The van der Waals surface area contributed by atoms with Crippen LogP contribution in [0.15, 0.2) is 12.1 Å². The molecule has 2 unspecified atom stereocenters. The number of aliphatic hydroxyl groups excluding tert-OH is 1. The van der Waals surface area contributed by atoms with Crippen LogP contribution in [0.5, 0.6) is 0 Å². The number of nitrogens with one attached hydrogen (secondary N) is 2. The molecule has 0 radical (unpaired) electrons. The molecular formula is C15H24N4O2. The van der Waals surface area contributed by atoms with Crippen LogP contribution >= 0.6 is 0 Å². The largest absolute Gasteiger partial charge is 0.391 e. The molecule has 6 nitrogen and oxygen atoms in total. The minimum Gasteiger partial charge on any atom is -0.391 e. The number of nitrogen functional groups attached to an aromatic ring is 1. The molecule has 0 aliphatic heterocycles. The Morgan fingerprint density at radius 1 is 1.38 bits per heavy atom. The molecule has 6 heteroatoms. The van der Waals surface area contributed by atoms with Crippen LogP contribution < -0.4 is 16.6 Å². The summed E-state index contributed by atoms with van der Waals surface area (Å²) in [7, 11) is 0. The Balaban J connectivity index is 2.16. The zero-order valence-electron chi connectivity index (χ0n) is 12.6. The molecule has 5 N–H and O–H groups in total. The molecule has 1 aliphatic carbocycles. The van der Waals surface area contributed by atoms with Gasteiger partial charge in [-0.2, -0.15) is 0 Å². The predicted octanol–water partition coefficient (Wildman–Crippen LogP) is 1.52. The summed E-state index contributed by atoms with van der Waals surface area (Å²) in [6, 6.07) is 3.23. The lowest BCUT2D eigenvalue weighted by molar-refractivity contribution is 0.0717. The Hall–Kier alpha value is -1.66. The molecule has 2 atom stereocenters. The summed E-state index contributed by atoms with van der Waals surface area (Å²) in [5.74, 6) is 5.88. The van der Waals surface area contributed by atoms with Crippen molar-refractivity contribution in [1.29, 1.82) is 0 Å². The van der Waals surface area contributed by atoms with Gasteiger partial charge in [0.2, 0.25) is 0 Å². The van der Waals surface area contributed by atoms with Crippen LogP contribution in [-0.2, 0) is 0 Å². The highest BCUT2D eigenvalue weighted by Crippen LogP contribution is 2.20. The van der Waals surface area contributed by atoms with E-state index in [4.69, 9.17) is 5.84 Å². The number of hydrogen-bond donors (Lipinski definition) is 4. The van der Waals surface area contributed by atoms with Gasteiger partial charge in [0.25, 0.3) is 5.91 Å². The molecule has 1 amide bonds. The van der Waals surface area contributed by atoms with Gasteiger partial charge in [-0.25, -0.2) is 10.8 Å². The van der Waals surface area contributed by atoms with Gasteiger partial charge < -0.3 is 15.8 Å². The van der Waals surface area contributed by atoms with E-state index >= 15 is 0 Å². The first-order valence-electron chi connectivity index (χ1n) is 7.48. The number of aromatic nitrogens is 1. The Morgan fingerprint density at radius 3 is 2.71 bits per heavy atom. The maximum atomic E-state index is 12.4. The monoisotopic (exact) mass is 292 g/mol. The molecule has 0 spiro atoms. The SMILES string of the molecule is CC(C)c1cc(C(=O)NC2CCCCC2O)cc(NN)n1. The van der Waals surface area contributed by atoms with Gasteiger partial charge in [0.05, 0.1) is 12.1 Å². The number of hydrogen-bond acceptors (Lipinski definition) is 5. The molecule has 1 heterocycles. The van der Waals surface area contributed by atoms with Crippen molar-refractivity contribution in [3.8, 4) is 0 Å². The molecule has 1 aromatic heterocycles. The van der Waals surface area contributed by atoms with E-state index in [9.17, 15) is 9.90 Å². The van der Waals surface area contributed by atoms with E-state index in [1.165, 1.54) is 0 Å². The number of carbonyl (C=O) groups excluding carboxylic acids is 1. The van der Waals surface area contributed by atoms with Gasteiger partial charge in [0.1, 0.15) is 5.82 Å². The molecule has 1 fully saturated rings. The number of anilines is 1. The average molecular weight is 292 g/mol. The summed E-state index contributed by atoms with van der Waals surface area (Å²) in [6.45, 7) is 4.02. The van der Waals surface area contributed by atoms with Crippen molar-refractivity contribution in [3.05, 3.63) is 23.4 Å². The lowest BCUT2D eigenvalue weighted by Gasteiger charge is -2.28. The van der Waals surface area contributed by atoms with Crippen LogP contribution in [0.25, 0.3) is 0 Å². The summed E-state index contributed by atoms with van der Waals surface area (Å²) in [6.07, 6.45) is 3.15. The standard InChI is InChI=1S/C15H24N4O2/c1-9(2)12-7-10(8-14(17-12)19-16)15(21)18-11-5-3-4-6-13(11)20/h7-9,11,13,20H,3-6,16H2,1-2H3,(H,17,19)(H,18,21). The number of hydrazine groups is 1. The fourth-order valence-corrected chi connectivity index (χ4v) is 2.58. The van der Waals surface area contributed by atoms with E-state index < -0.39 is 6.10 Å². The number of aliphatic hydroxyl groups is 1. The zero-order valence-corrected chi connectivity index (χ0v) is 12.6. The third kappa shape index (κ3) is 3.92. The molecule has 116 valence electrons. The van der Waals surface area contributed by atoms with Crippen molar-refractivity contribution in [2.45, 2.75) is 57.6 Å². The minimum absolute atomic E-state index is 0.170. The third-order valence-corrected chi connectivity index (χ3v) is 3.89. The predicted molar refractivity (Wildman–Crippen MR) is 81.9 cm³/mol. The van der Waals surface area contributed by atoms with E-state index in [0.29, 0.717) is 11.4 Å². The first-order chi connectivity index (χ1) is 10.0. The quantitative estimate of drug-likeness (QED) is 0.498. The van der Waals surface area contributed by atoms with E-state index in [1.54, 1.807) is 12.1 Å². The molecule has 21 heavy (non-hydrogen) atoms. The molecule has 1 saturated carbocycles. The number of pyridine rings is 1. The maximum absolute atomic E-state index is 12.4. The van der Waals surface area contributed by atoms with E-state index in [0.717, 1.165) is 31.4 Å². The van der Waals surface area contributed by atoms with Crippen LogP contribution in [0.3, 0.4) is 0 Å². The van der Waals surface area contributed by atoms with Crippen LogP contribution in [0.4, 0.5) is 5.82 Å². The summed E-state index contributed by atoms with van der Waals surface area (Å²) < 4.78 is 0. The van der Waals surface area contributed by atoms with Crippen LogP contribution in [0, 0.1) is 0 Å². The summed E-state index contributed by atoms with van der Waals surface area (Å²) in [4.78, 5) is 16.7. The lowest BCUT2D eigenvalue weighted by Crippen LogP contribution is -2.45.